The number of halogens is 3. The number of carboxylic acid groups (broad SMARTS) is 1. The number of amides is 1. The standard InChI is InChI=1S/C29H20F3N3O5/c30-29(31,32)19-3-1-2-17(11-19)18-6-9-23-21(12-18)22(28(38)39)13-25(34-23)27(37)35-24(26-14-33-15-40-26)10-16-4-7-20(36)8-5-16/h1-9,11-15,24,36H,10H2,(H,35,37)(H,38,39)/t24-/m0/s1. The van der Waals surface area contributed by atoms with Gasteiger partial charge >= 0.3 is 12.1 Å². The molecule has 0 bridgehead atoms. The molecule has 3 aromatic carbocycles. The molecular weight excluding hydrogens is 527 g/mol. The Labute approximate surface area is 224 Å². The van der Waals surface area contributed by atoms with Gasteiger partial charge in [-0.15, -0.1) is 0 Å². The monoisotopic (exact) mass is 547 g/mol. The molecule has 0 unspecified atom stereocenters. The number of aromatic nitrogens is 2. The number of hydrogen-bond acceptors (Lipinski definition) is 6. The Morgan fingerprint density at radius 1 is 0.975 bits per heavy atom. The Morgan fingerprint density at radius 3 is 2.40 bits per heavy atom. The average Bonchev–Trinajstić information content (AvgIpc) is 3.47. The smallest absolute Gasteiger partial charge is 0.416 e. The van der Waals surface area contributed by atoms with E-state index in [1.807, 2.05) is 0 Å². The third-order valence-corrected chi connectivity index (χ3v) is 6.27. The van der Waals surface area contributed by atoms with Crippen molar-refractivity contribution in [2.24, 2.45) is 0 Å². The highest BCUT2D eigenvalue weighted by Crippen LogP contribution is 2.33. The maximum Gasteiger partial charge on any atom is 0.416 e. The first-order valence-corrected chi connectivity index (χ1v) is 11.9. The fourth-order valence-electron chi connectivity index (χ4n) is 4.29. The summed E-state index contributed by atoms with van der Waals surface area (Å²) in [7, 11) is 0. The second-order valence-corrected chi connectivity index (χ2v) is 8.97. The van der Waals surface area contributed by atoms with Gasteiger partial charge in [-0.2, -0.15) is 13.2 Å². The molecule has 5 aromatic rings. The molecule has 40 heavy (non-hydrogen) atoms. The molecule has 3 N–H and O–H groups in total. The Balaban J connectivity index is 1.48. The van der Waals surface area contributed by atoms with E-state index in [2.05, 4.69) is 15.3 Å². The highest BCUT2D eigenvalue weighted by molar-refractivity contribution is 6.06. The zero-order valence-corrected chi connectivity index (χ0v) is 20.5. The lowest BCUT2D eigenvalue weighted by molar-refractivity contribution is -0.137. The van der Waals surface area contributed by atoms with Crippen molar-refractivity contribution >= 4 is 22.8 Å². The van der Waals surface area contributed by atoms with Gasteiger partial charge in [0.05, 0.1) is 28.9 Å². The average molecular weight is 547 g/mol. The van der Waals surface area contributed by atoms with Gasteiger partial charge < -0.3 is 19.9 Å². The van der Waals surface area contributed by atoms with Crippen LogP contribution in [0.5, 0.6) is 5.75 Å². The number of carbonyl (C=O) groups is 2. The van der Waals surface area contributed by atoms with Crippen molar-refractivity contribution < 1.29 is 37.4 Å². The largest absolute Gasteiger partial charge is 0.508 e. The second-order valence-electron chi connectivity index (χ2n) is 8.97. The maximum atomic E-state index is 13.3. The van der Waals surface area contributed by atoms with Gasteiger partial charge in [0, 0.05) is 5.39 Å². The summed E-state index contributed by atoms with van der Waals surface area (Å²) < 4.78 is 45.0. The van der Waals surface area contributed by atoms with Gasteiger partial charge in [0.15, 0.2) is 6.39 Å². The van der Waals surface area contributed by atoms with E-state index in [0.29, 0.717) is 11.3 Å². The van der Waals surface area contributed by atoms with Gasteiger partial charge in [-0.1, -0.05) is 30.3 Å². The predicted octanol–water partition coefficient (Wildman–Crippen LogP) is 6.03. The Morgan fingerprint density at radius 2 is 1.73 bits per heavy atom. The Hall–Kier alpha value is -5.19. The summed E-state index contributed by atoms with van der Waals surface area (Å²) in [4.78, 5) is 33.6. The highest BCUT2D eigenvalue weighted by atomic mass is 19.4. The minimum atomic E-state index is -4.53. The fourth-order valence-corrected chi connectivity index (χ4v) is 4.29. The summed E-state index contributed by atoms with van der Waals surface area (Å²) in [5.41, 5.74) is 0.321. The quantitative estimate of drug-likeness (QED) is 0.227. The third kappa shape index (κ3) is 5.63. The van der Waals surface area contributed by atoms with Crippen molar-refractivity contribution in [1.29, 1.82) is 0 Å². The predicted molar refractivity (Wildman–Crippen MR) is 138 cm³/mol. The summed E-state index contributed by atoms with van der Waals surface area (Å²) in [5.74, 6) is -1.57. The van der Waals surface area contributed by atoms with Crippen LogP contribution in [0.3, 0.4) is 0 Å². The maximum absolute atomic E-state index is 13.3. The molecule has 0 saturated carbocycles. The summed E-state index contributed by atoms with van der Waals surface area (Å²) >= 11 is 0. The number of nitrogens with one attached hydrogen (secondary N) is 1. The van der Waals surface area contributed by atoms with Crippen LogP contribution in [0.1, 0.15) is 43.8 Å². The molecule has 0 aliphatic rings. The van der Waals surface area contributed by atoms with Crippen LogP contribution in [0.4, 0.5) is 13.2 Å². The molecule has 1 amide bonds. The number of phenols is 1. The summed E-state index contributed by atoms with van der Waals surface area (Å²) in [6.45, 7) is 0. The second kappa shape index (κ2) is 10.5. The third-order valence-electron chi connectivity index (χ3n) is 6.27. The number of fused-ring (bicyclic) bond motifs is 1. The zero-order chi connectivity index (χ0) is 28.4. The van der Waals surface area contributed by atoms with E-state index in [-0.39, 0.29) is 39.9 Å². The molecule has 2 heterocycles. The van der Waals surface area contributed by atoms with E-state index >= 15 is 0 Å². The minimum Gasteiger partial charge on any atom is -0.508 e. The number of alkyl halides is 3. The van der Waals surface area contributed by atoms with Gasteiger partial charge in [0.2, 0.25) is 0 Å². The molecule has 11 heteroatoms. The molecule has 0 aliphatic carbocycles. The molecule has 0 saturated heterocycles. The van der Waals surface area contributed by atoms with Crippen LogP contribution >= 0.6 is 0 Å². The lowest BCUT2D eigenvalue weighted by Gasteiger charge is -2.17. The number of hydrogen-bond donors (Lipinski definition) is 3. The van der Waals surface area contributed by atoms with Crippen LogP contribution in [0.15, 0.2) is 89.8 Å². The molecular formula is C29H20F3N3O5. The summed E-state index contributed by atoms with van der Waals surface area (Å²) in [6.07, 6.45) is -1.60. The van der Waals surface area contributed by atoms with Crippen LogP contribution < -0.4 is 5.32 Å². The minimum absolute atomic E-state index is 0.0850. The molecule has 0 spiro atoms. The first-order chi connectivity index (χ1) is 19.1. The van der Waals surface area contributed by atoms with Gasteiger partial charge in [0.25, 0.3) is 5.91 Å². The number of pyridine rings is 1. The summed E-state index contributed by atoms with van der Waals surface area (Å²) in [6, 6.07) is 15.9. The molecule has 1 atom stereocenters. The lowest BCUT2D eigenvalue weighted by Crippen LogP contribution is -2.30. The van der Waals surface area contributed by atoms with Crippen molar-refractivity contribution in [3.05, 3.63) is 114 Å². The Kier molecular flexibility index (Phi) is 6.95. The first kappa shape index (κ1) is 26.4. The first-order valence-electron chi connectivity index (χ1n) is 11.9. The van der Waals surface area contributed by atoms with Gasteiger partial charge in [-0.3, -0.25) is 4.79 Å². The number of rotatable bonds is 7. The van der Waals surface area contributed by atoms with Crippen LogP contribution in [-0.4, -0.2) is 32.1 Å². The van der Waals surface area contributed by atoms with Crippen LogP contribution in [0.2, 0.25) is 0 Å². The fraction of sp³-hybridized carbons (Fsp3) is 0.103. The zero-order valence-electron chi connectivity index (χ0n) is 20.5. The lowest BCUT2D eigenvalue weighted by atomic mass is 9.98. The molecule has 5 rings (SSSR count). The van der Waals surface area contributed by atoms with Gasteiger partial charge in [0.1, 0.15) is 17.2 Å². The summed E-state index contributed by atoms with van der Waals surface area (Å²) in [5, 5.41) is 22.4. The van der Waals surface area contributed by atoms with Crippen molar-refractivity contribution in [3.8, 4) is 16.9 Å². The molecule has 0 fully saturated rings. The number of nitrogens with zero attached hydrogens (tertiary/aromatic N) is 2. The van der Waals surface area contributed by atoms with Crippen molar-refractivity contribution in [2.75, 3.05) is 0 Å². The van der Waals surface area contributed by atoms with Gasteiger partial charge in [-0.05, 0) is 65.6 Å². The van der Waals surface area contributed by atoms with E-state index in [9.17, 15) is 33.0 Å². The number of carboxylic acids is 1. The highest BCUT2D eigenvalue weighted by Gasteiger charge is 2.30. The van der Waals surface area contributed by atoms with Crippen molar-refractivity contribution in [3.63, 3.8) is 0 Å². The van der Waals surface area contributed by atoms with Crippen LogP contribution in [0.25, 0.3) is 22.0 Å². The normalized spacial score (nSPS) is 12.3. The van der Waals surface area contributed by atoms with Gasteiger partial charge in [-0.25, -0.2) is 14.8 Å². The number of oxazole rings is 1. The SMILES string of the molecule is O=C(N[C@@H](Cc1ccc(O)cc1)c1cnco1)c1cc(C(=O)O)c2cc(-c3cccc(C(F)(F)F)c3)ccc2n1. The molecule has 0 radical (unpaired) electrons. The molecule has 2 aromatic heterocycles. The Bertz CT molecular complexity index is 1700. The number of benzene rings is 3. The van der Waals surface area contributed by atoms with Crippen molar-refractivity contribution in [1.82, 2.24) is 15.3 Å². The van der Waals surface area contributed by atoms with E-state index in [1.165, 1.54) is 55.1 Å². The number of aromatic carboxylic acids is 1. The number of phenolic OH excluding ortho intramolecular Hbond substituents is 1. The van der Waals surface area contributed by atoms with E-state index in [0.717, 1.165) is 23.8 Å². The molecule has 202 valence electrons. The van der Waals surface area contributed by atoms with E-state index < -0.39 is 29.7 Å². The number of aromatic hydroxyl groups is 1. The molecule has 0 aliphatic heterocycles. The number of carbonyl (C=O) groups excluding carboxylic acids is 1. The van der Waals surface area contributed by atoms with E-state index in [4.69, 9.17) is 4.42 Å². The van der Waals surface area contributed by atoms with Crippen molar-refractivity contribution in [2.45, 2.75) is 18.6 Å². The van der Waals surface area contributed by atoms with Crippen LogP contribution in [0, 0.1) is 0 Å². The van der Waals surface area contributed by atoms with Crippen LogP contribution in [-0.2, 0) is 12.6 Å². The topological polar surface area (TPSA) is 126 Å². The molecule has 8 nitrogen and oxygen atoms in total. The van der Waals surface area contributed by atoms with E-state index in [1.54, 1.807) is 12.1 Å².